The minimum Gasteiger partial charge on any atom is -0.489 e. The van der Waals surface area contributed by atoms with Crippen LogP contribution in [0.3, 0.4) is 0 Å². The van der Waals surface area contributed by atoms with Gasteiger partial charge in [0.1, 0.15) is 18.4 Å². The van der Waals surface area contributed by atoms with Gasteiger partial charge in [0, 0.05) is 6.54 Å². The molecule has 0 saturated carbocycles. The topological polar surface area (TPSA) is 49.8 Å². The summed E-state index contributed by atoms with van der Waals surface area (Å²) in [5, 5.41) is 9.52. The van der Waals surface area contributed by atoms with Crippen LogP contribution in [0.2, 0.25) is 0 Å². The van der Waals surface area contributed by atoms with E-state index in [0.717, 1.165) is 42.7 Å². The molecule has 31 heavy (non-hydrogen) atoms. The molecule has 0 radical (unpaired) electrons. The third-order valence-corrected chi connectivity index (χ3v) is 6.11. The fraction of sp³-hybridized carbons (Fsp3) is 0.296. The average molecular weight is 416 g/mol. The van der Waals surface area contributed by atoms with Crippen LogP contribution >= 0.6 is 0 Å². The van der Waals surface area contributed by atoms with Crippen LogP contribution in [0.4, 0.5) is 0 Å². The summed E-state index contributed by atoms with van der Waals surface area (Å²) < 4.78 is 6.13. The van der Waals surface area contributed by atoms with Gasteiger partial charge < -0.3 is 9.84 Å². The second kappa shape index (κ2) is 9.80. The molecule has 4 heteroatoms. The summed E-state index contributed by atoms with van der Waals surface area (Å²) >= 11 is 0. The molecule has 4 nitrogen and oxygen atoms in total. The monoisotopic (exact) mass is 415 g/mol. The van der Waals surface area contributed by atoms with Gasteiger partial charge in [0.05, 0.1) is 0 Å². The van der Waals surface area contributed by atoms with Crippen LogP contribution in [0.5, 0.6) is 5.75 Å². The number of piperidine rings is 1. The maximum atomic E-state index is 11.6. The van der Waals surface area contributed by atoms with E-state index in [1.54, 1.807) is 0 Å². The molecule has 160 valence electrons. The number of hydrogen-bond acceptors (Lipinski definition) is 3. The van der Waals surface area contributed by atoms with Crippen LogP contribution in [0.15, 0.2) is 72.8 Å². The molecule has 1 atom stereocenters. The number of carboxylic acids is 1. The first kappa shape index (κ1) is 21.1. The second-order valence-corrected chi connectivity index (χ2v) is 8.21. The van der Waals surface area contributed by atoms with Crippen LogP contribution in [0.25, 0.3) is 11.1 Å². The third-order valence-electron chi connectivity index (χ3n) is 6.11. The lowest BCUT2D eigenvalue weighted by atomic mass is 9.97. The van der Waals surface area contributed by atoms with Crippen molar-refractivity contribution >= 4 is 5.97 Å². The lowest BCUT2D eigenvalue weighted by Crippen LogP contribution is -2.43. The molecule has 0 aliphatic carbocycles. The molecule has 1 fully saturated rings. The average Bonchev–Trinajstić information content (AvgIpc) is 2.79. The van der Waals surface area contributed by atoms with Crippen LogP contribution in [0.1, 0.15) is 36.0 Å². The second-order valence-electron chi connectivity index (χ2n) is 8.21. The molecule has 4 rings (SSSR count). The number of ether oxygens (including phenoxy) is 1. The minimum absolute atomic E-state index is 0.387. The van der Waals surface area contributed by atoms with Crippen molar-refractivity contribution in [3.63, 3.8) is 0 Å². The Labute approximate surface area is 184 Å². The molecule has 1 heterocycles. The van der Waals surface area contributed by atoms with Gasteiger partial charge in [0.2, 0.25) is 0 Å². The zero-order valence-corrected chi connectivity index (χ0v) is 18.0. The molecule has 1 unspecified atom stereocenters. The van der Waals surface area contributed by atoms with Crippen molar-refractivity contribution in [1.29, 1.82) is 0 Å². The van der Waals surface area contributed by atoms with E-state index in [1.165, 1.54) is 16.7 Å². The van der Waals surface area contributed by atoms with E-state index >= 15 is 0 Å². The zero-order chi connectivity index (χ0) is 21.6. The smallest absolute Gasteiger partial charge is 0.320 e. The van der Waals surface area contributed by atoms with Crippen molar-refractivity contribution in [2.45, 2.75) is 45.4 Å². The first-order valence-corrected chi connectivity index (χ1v) is 10.9. The molecule has 1 aliphatic heterocycles. The van der Waals surface area contributed by atoms with Crippen LogP contribution < -0.4 is 4.74 Å². The van der Waals surface area contributed by atoms with Gasteiger partial charge in [0.25, 0.3) is 0 Å². The Hall–Kier alpha value is -3.11. The highest BCUT2D eigenvalue weighted by molar-refractivity contribution is 5.73. The number of aliphatic carboxylic acids is 1. The van der Waals surface area contributed by atoms with E-state index in [9.17, 15) is 9.90 Å². The number of nitrogens with zero attached hydrogens (tertiary/aromatic N) is 1. The van der Waals surface area contributed by atoms with E-state index in [1.807, 2.05) is 30.3 Å². The highest BCUT2D eigenvalue weighted by atomic mass is 16.5. The molecule has 0 bridgehead atoms. The van der Waals surface area contributed by atoms with E-state index in [2.05, 4.69) is 54.3 Å². The summed E-state index contributed by atoms with van der Waals surface area (Å²) in [7, 11) is 0. The summed E-state index contributed by atoms with van der Waals surface area (Å²) in [5.41, 5.74) is 5.90. The summed E-state index contributed by atoms with van der Waals surface area (Å²) in [6.07, 6.45) is 2.76. The number of rotatable bonds is 7. The molecular formula is C27H29NO3. The maximum absolute atomic E-state index is 11.6. The van der Waals surface area contributed by atoms with Crippen LogP contribution in [-0.2, 0) is 17.9 Å². The lowest BCUT2D eigenvalue weighted by molar-refractivity contribution is -0.144. The fourth-order valence-corrected chi connectivity index (χ4v) is 4.36. The Morgan fingerprint density at radius 2 is 1.84 bits per heavy atom. The Kier molecular flexibility index (Phi) is 6.68. The fourth-order valence-electron chi connectivity index (χ4n) is 4.36. The highest BCUT2D eigenvalue weighted by Gasteiger charge is 2.28. The molecule has 0 amide bonds. The summed E-state index contributed by atoms with van der Waals surface area (Å²) in [4.78, 5) is 13.6. The summed E-state index contributed by atoms with van der Waals surface area (Å²) in [6, 6.07) is 24.4. The van der Waals surface area contributed by atoms with E-state index in [0.29, 0.717) is 13.2 Å². The Morgan fingerprint density at radius 3 is 2.65 bits per heavy atom. The van der Waals surface area contributed by atoms with E-state index < -0.39 is 5.97 Å². The van der Waals surface area contributed by atoms with Crippen molar-refractivity contribution in [3.05, 3.63) is 89.5 Å². The normalized spacial score (nSPS) is 16.7. The minimum atomic E-state index is -0.721. The Morgan fingerprint density at radius 1 is 1.03 bits per heavy atom. The molecular weight excluding hydrogens is 386 g/mol. The lowest BCUT2D eigenvalue weighted by Gasteiger charge is -2.32. The predicted octanol–water partition coefficient (Wildman–Crippen LogP) is 5.68. The van der Waals surface area contributed by atoms with Gasteiger partial charge in [-0.15, -0.1) is 0 Å². The standard InChI is InChI=1S/C27H29NO3/c1-20-23(12-8-14-25(20)22-10-3-2-4-11-22)19-31-24-13-7-9-21(17-24)18-28-16-6-5-15-26(28)27(29)30/h2-4,7-14,17,26H,5-6,15-16,18-19H2,1H3,(H,29,30). The third kappa shape index (κ3) is 5.15. The predicted molar refractivity (Wildman–Crippen MR) is 123 cm³/mol. The van der Waals surface area contributed by atoms with E-state index in [4.69, 9.17) is 4.74 Å². The van der Waals surface area contributed by atoms with Crippen molar-refractivity contribution < 1.29 is 14.6 Å². The number of carbonyl (C=O) groups is 1. The Balaban J connectivity index is 1.45. The summed E-state index contributed by atoms with van der Waals surface area (Å²) in [5.74, 6) is 0.0896. The molecule has 3 aromatic carbocycles. The molecule has 1 aliphatic rings. The first-order chi connectivity index (χ1) is 15.1. The van der Waals surface area contributed by atoms with Gasteiger partial charge >= 0.3 is 5.97 Å². The molecule has 0 spiro atoms. The van der Waals surface area contributed by atoms with Crippen molar-refractivity contribution in [1.82, 2.24) is 4.90 Å². The quantitative estimate of drug-likeness (QED) is 0.539. The summed E-state index contributed by atoms with van der Waals surface area (Å²) in [6.45, 7) is 4.10. The van der Waals surface area contributed by atoms with Crippen LogP contribution in [-0.4, -0.2) is 28.6 Å². The highest BCUT2D eigenvalue weighted by Crippen LogP contribution is 2.27. The van der Waals surface area contributed by atoms with Crippen molar-refractivity contribution in [3.8, 4) is 16.9 Å². The van der Waals surface area contributed by atoms with Gasteiger partial charge in [-0.1, -0.05) is 67.1 Å². The first-order valence-electron chi connectivity index (χ1n) is 10.9. The number of benzene rings is 3. The Bertz CT molecular complexity index is 1030. The van der Waals surface area contributed by atoms with Gasteiger partial charge in [-0.25, -0.2) is 0 Å². The number of likely N-dealkylation sites (tertiary alicyclic amines) is 1. The number of hydrogen-bond donors (Lipinski definition) is 1. The van der Waals surface area contributed by atoms with Crippen molar-refractivity contribution in [2.75, 3.05) is 6.54 Å². The van der Waals surface area contributed by atoms with Gasteiger partial charge in [0.15, 0.2) is 0 Å². The van der Waals surface area contributed by atoms with Gasteiger partial charge in [-0.05, 0) is 66.3 Å². The zero-order valence-electron chi connectivity index (χ0n) is 18.0. The molecule has 0 aromatic heterocycles. The molecule has 3 aromatic rings. The molecule has 1 saturated heterocycles. The van der Waals surface area contributed by atoms with Crippen molar-refractivity contribution in [2.24, 2.45) is 0 Å². The van der Waals surface area contributed by atoms with Gasteiger partial charge in [-0.3, -0.25) is 9.69 Å². The largest absolute Gasteiger partial charge is 0.489 e. The van der Waals surface area contributed by atoms with Crippen LogP contribution in [0, 0.1) is 6.92 Å². The number of carboxylic acid groups (broad SMARTS) is 1. The SMILES string of the molecule is Cc1c(COc2cccc(CN3CCCCC3C(=O)O)c2)cccc1-c1ccccc1. The van der Waals surface area contributed by atoms with Gasteiger partial charge in [-0.2, -0.15) is 0 Å². The molecule has 1 N–H and O–H groups in total. The van der Waals surface area contributed by atoms with E-state index in [-0.39, 0.29) is 6.04 Å². The maximum Gasteiger partial charge on any atom is 0.320 e.